The second kappa shape index (κ2) is 8.30. The van der Waals surface area contributed by atoms with Gasteiger partial charge in [-0.25, -0.2) is 0 Å². The lowest BCUT2D eigenvalue weighted by molar-refractivity contribution is -0.0438. The van der Waals surface area contributed by atoms with E-state index in [1.54, 1.807) is 30.3 Å². The highest BCUT2D eigenvalue weighted by atomic mass is 35.5. The molecule has 1 heterocycles. The van der Waals surface area contributed by atoms with Crippen LogP contribution in [-0.4, -0.2) is 18.9 Å². The first-order valence-electron chi connectivity index (χ1n) is 8.19. The molecule has 0 aliphatic carbocycles. The number of hydrogen-bond acceptors (Lipinski definition) is 4. The molecule has 152 valence electrons. The maximum Gasteiger partial charge on any atom is 0.516 e. The Balaban J connectivity index is 1.98. The Morgan fingerprint density at radius 3 is 2.34 bits per heavy atom. The van der Waals surface area contributed by atoms with Gasteiger partial charge in [-0.2, -0.15) is 21.6 Å². The van der Waals surface area contributed by atoms with Crippen molar-refractivity contribution in [2.24, 2.45) is 0 Å². The van der Waals surface area contributed by atoms with Gasteiger partial charge in [0.1, 0.15) is 11.5 Å². The van der Waals surface area contributed by atoms with Crippen molar-refractivity contribution in [2.75, 3.05) is 4.31 Å². The monoisotopic (exact) mass is 442 g/mol. The summed E-state index contributed by atoms with van der Waals surface area (Å²) in [6, 6.07) is 15.2. The number of rotatable bonds is 6. The normalized spacial score (nSPS) is 11.9. The van der Waals surface area contributed by atoms with Gasteiger partial charge < -0.3 is 4.74 Å². The highest BCUT2D eigenvalue weighted by Gasteiger charge is 2.50. The summed E-state index contributed by atoms with van der Waals surface area (Å²) in [4.78, 5) is 3.81. The number of pyridine rings is 1. The van der Waals surface area contributed by atoms with Crippen molar-refractivity contribution >= 4 is 27.3 Å². The van der Waals surface area contributed by atoms with Gasteiger partial charge in [-0.15, -0.1) is 0 Å². The second-order valence-corrected chi connectivity index (χ2v) is 8.11. The van der Waals surface area contributed by atoms with Gasteiger partial charge in [0, 0.05) is 12.4 Å². The van der Waals surface area contributed by atoms with Crippen LogP contribution in [0.2, 0.25) is 5.02 Å². The standard InChI is InChI=1S/C19H14ClF3N2O3S/c20-17-11-15(8-9-18(17)28-16-6-2-1-3-7-16)25(29(26,27)19(21,22)23)13-14-5-4-10-24-12-14/h1-12H,13H2. The highest BCUT2D eigenvalue weighted by Crippen LogP contribution is 2.37. The molecule has 0 N–H and O–H groups in total. The average Bonchev–Trinajstić information content (AvgIpc) is 2.68. The molecule has 0 saturated heterocycles. The number of alkyl halides is 3. The lowest BCUT2D eigenvalue weighted by atomic mass is 10.2. The molecule has 3 rings (SSSR count). The van der Waals surface area contributed by atoms with Crippen LogP contribution in [0.3, 0.4) is 0 Å². The first kappa shape index (κ1) is 20.9. The summed E-state index contributed by atoms with van der Waals surface area (Å²) in [6.45, 7) is -0.565. The first-order valence-corrected chi connectivity index (χ1v) is 10.0. The van der Waals surface area contributed by atoms with Crippen molar-refractivity contribution in [3.63, 3.8) is 0 Å². The van der Waals surface area contributed by atoms with E-state index >= 15 is 0 Å². The van der Waals surface area contributed by atoms with Crippen LogP contribution in [0.4, 0.5) is 18.9 Å². The first-order chi connectivity index (χ1) is 13.7. The summed E-state index contributed by atoms with van der Waals surface area (Å²) in [5.41, 5.74) is -5.46. The van der Waals surface area contributed by atoms with Crippen molar-refractivity contribution in [2.45, 2.75) is 12.1 Å². The minimum absolute atomic E-state index is 0.0417. The Morgan fingerprint density at radius 2 is 1.76 bits per heavy atom. The van der Waals surface area contributed by atoms with E-state index in [2.05, 4.69) is 4.98 Å². The zero-order chi connectivity index (χ0) is 21.1. The van der Waals surface area contributed by atoms with E-state index in [1.165, 1.54) is 36.7 Å². The number of benzene rings is 2. The summed E-state index contributed by atoms with van der Waals surface area (Å²) >= 11 is 6.15. The molecule has 0 amide bonds. The molecule has 0 saturated carbocycles. The van der Waals surface area contributed by atoms with Crippen molar-refractivity contribution in [3.05, 3.63) is 83.6 Å². The SMILES string of the molecule is O=S(=O)(N(Cc1cccnc1)c1ccc(Oc2ccccc2)c(Cl)c1)C(F)(F)F. The Labute approximate surface area is 170 Å². The van der Waals surface area contributed by atoms with E-state index in [0.717, 1.165) is 6.07 Å². The molecule has 1 aromatic heterocycles. The summed E-state index contributed by atoms with van der Waals surface area (Å²) in [5, 5.41) is -0.0417. The van der Waals surface area contributed by atoms with Crippen molar-refractivity contribution < 1.29 is 26.3 Å². The van der Waals surface area contributed by atoms with E-state index in [9.17, 15) is 21.6 Å². The smallest absolute Gasteiger partial charge is 0.456 e. The predicted octanol–water partition coefficient (Wildman–Crippen LogP) is 5.38. The third kappa shape index (κ3) is 4.80. The van der Waals surface area contributed by atoms with Crippen LogP contribution < -0.4 is 9.04 Å². The molecule has 0 atom stereocenters. The molecule has 0 aliphatic heterocycles. The number of sulfonamides is 1. The van der Waals surface area contributed by atoms with Crippen molar-refractivity contribution in [3.8, 4) is 11.5 Å². The van der Waals surface area contributed by atoms with Crippen molar-refractivity contribution in [1.29, 1.82) is 0 Å². The largest absolute Gasteiger partial charge is 0.516 e. The Hall–Kier alpha value is -2.78. The summed E-state index contributed by atoms with van der Waals surface area (Å²) in [5.74, 6) is 0.643. The minimum atomic E-state index is -5.67. The molecule has 0 unspecified atom stereocenters. The topological polar surface area (TPSA) is 59.5 Å². The third-order valence-corrected chi connectivity index (χ3v) is 5.61. The number of hydrogen-bond donors (Lipinski definition) is 0. The van der Waals surface area contributed by atoms with Crippen LogP contribution in [0.15, 0.2) is 73.1 Å². The summed E-state index contributed by atoms with van der Waals surface area (Å²) < 4.78 is 69.8. The van der Waals surface area contributed by atoms with E-state index < -0.39 is 22.1 Å². The number of halogens is 4. The fourth-order valence-corrected chi connectivity index (χ4v) is 3.61. The molecule has 0 aliphatic rings. The maximum atomic E-state index is 13.2. The quantitative estimate of drug-likeness (QED) is 0.514. The van der Waals surface area contributed by atoms with Gasteiger partial charge in [0.25, 0.3) is 0 Å². The van der Waals surface area contributed by atoms with Crippen LogP contribution >= 0.6 is 11.6 Å². The molecule has 0 radical (unpaired) electrons. The van der Waals surface area contributed by atoms with Crippen molar-refractivity contribution in [1.82, 2.24) is 4.98 Å². The zero-order valence-electron chi connectivity index (χ0n) is 14.7. The van der Waals surface area contributed by atoms with Crippen LogP contribution in [-0.2, 0) is 16.6 Å². The van der Waals surface area contributed by atoms with E-state index in [-0.39, 0.29) is 26.3 Å². The highest BCUT2D eigenvalue weighted by molar-refractivity contribution is 7.93. The lowest BCUT2D eigenvalue weighted by Crippen LogP contribution is -2.40. The molecule has 29 heavy (non-hydrogen) atoms. The van der Waals surface area contributed by atoms with Gasteiger partial charge >= 0.3 is 15.5 Å². The molecule has 5 nitrogen and oxygen atoms in total. The molecular weight excluding hydrogens is 429 g/mol. The third-order valence-electron chi connectivity index (χ3n) is 3.81. The molecule has 10 heteroatoms. The number of para-hydroxylation sites is 1. The molecular formula is C19H14ClF3N2O3S. The average molecular weight is 443 g/mol. The Bertz CT molecular complexity index is 1080. The minimum Gasteiger partial charge on any atom is -0.456 e. The lowest BCUT2D eigenvalue weighted by Gasteiger charge is -2.26. The van der Waals surface area contributed by atoms with Crippen LogP contribution in [0.5, 0.6) is 11.5 Å². The van der Waals surface area contributed by atoms with Gasteiger partial charge in [0.05, 0.1) is 17.3 Å². The van der Waals surface area contributed by atoms with Crippen LogP contribution in [0.25, 0.3) is 0 Å². The van der Waals surface area contributed by atoms with Gasteiger partial charge in [-0.05, 0) is 42.0 Å². The molecule has 0 fully saturated rings. The number of nitrogens with zero attached hydrogens (tertiary/aromatic N) is 2. The Kier molecular flexibility index (Phi) is 5.99. The van der Waals surface area contributed by atoms with Crippen LogP contribution in [0, 0.1) is 0 Å². The Morgan fingerprint density at radius 1 is 1.03 bits per heavy atom. The predicted molar refractivity (Wildman–Crippen MR) is 103 cm³/mol. The van der Waals surface area contributed by atoms with E-state index in [1.807, 2.05) is 0 Å². The summed E-state index contributed by atoms with van der Waals surface area (Å²) in [6.07, 6.45) is 2.71. The molecule has 3 aromatic rings. The number of aromatic nitrogens is 1. The van der Waals surface area contributed by atoms with Crippen LogP contribution in [0.1, 0.15) is 5.56 Å². The van der Waals surface area contributed by atoms with E-state index in [0.29, 0.717) is 5.75 Å². The molecule has 0 bridgehead atoms. The summed E-state index contributed by atoms with van der Waals surface area (Å²) in [7, 11) is -5.67. The maximum absolute atomic E-state index is 13.2. The van der Waals surface area contributed by atoms with Gasteiger partial charge in [-0.1, -0.05) is 35.9 Å². The molecule has 0 spiro atoms. The van der Waals surface area contributed by atoms with Gasteiger partial charge in [0.2, 0.25) is 0 Å². The fraction of sp³-hybridized carbons (Fsp3) is 0.105. The second-order valence-electron chi connectivity index (χ2n) is 5.85. The number of anilines is 1. The van der Waals surface area contributed by atoms with Gasteiger partial charge in [0.15, 0.2) is 0 Å². The fourth-order valence-electron chi connectivity index (χ4n) is 2.44. The molecule has 2 aromatic carbocycles. The van der Waals surface area contributed by atoms with E-state index in [4.69, 9.17) is 16.3 Å². The number of ether oxygens (including phenoxy) is 1. The zero-order valence-corrected chi connectivity index (χ0v) is 16.2. The van der Waals surface area contributed by atoms with Gasteiger partial charge in [-0.3, -0.25) is 9.29 Å².